The number of anilines is 2. The quantitative estimate of drug-likeness (QED) is 0.299. The van der Waals surface area contributed by atoms with E-state index in [1.807, 2.05) is 12.1 Å². The Kier molecular flexibility index (Phi) is 5.64. The molecule has 4 N–H and O–H groups in total. The number of hydrogen-bond acceptors (Lipinski definition) is 8. The van der Waals surface area contributed by atoms with Gasteiger partial charge in [0.2, 0.25) is 0 Å². The van der Waals surface area contributed by atoms with Gasteiger partial charge in [0.1, 0.15) is 12.1 Å². The number of rotatable bonds is 0. The number of nitrogen functional groups attached to an aromatic ring is 2. The Morgan fingerprint density at radius 2 is 0.789 bits per heavy atom. The van der Waals surface area contributed by atoms with Crippen molar-refractivity contribution in [2.45, 2.75) is 0 Å². The van der Waals surface area contributed by atoms with Crippen molar-refractivity contribution in [1.29, 1.82) is 10.5 Å². The van der Waals surface area contributed by atoms with E-state index in [1.165, 1.54) is 12.1 Å². The summed E-state index contributed by atoms with van der Waals surface area (Å²) in [6.45, 7) is 0. The third kappa shape index (κ3) is 3.53. The molecule has 6 rings (SSSR count). The van der Waals surface area contributed by atoms with Crippen LogP contribution in [0.5, 0.6) is 0 Å². The summed E-state index contributed by atoms with van der Waals surface area (Å²) in [6.07, 6.45) is 0. The zero-order chi connectivity index (χ0) is 27.1. The molecule has 2 aliphatic rings. The highest BCUT2D eigenvalue weighted by atomic mass is 16.1. The smallest absolute Gasteiger partial charge is 0.196 e. The van der Waals surface area contributed by atoms with Crippen molar-refractivity contribution in [3.05, 3.63) is 128 Å². The minimum Gasteiger partial charge on any atom is -0.398 e. The summed E-state index contributed by atoms with van der Waals surface area (Å²) in [6, 6.07) is 22.7. The molecule has 2 aliphatic carbocycles. The number of ketones is 4. The summed E-state index contributed by atoms with van der Waals surface area (Å²) in [4.78, 5) is 49.4. The number of nitrogens with zero attached hydrogens (tertiary/aromatic N) is 2. The average molecular weight is 496 g/mol. The molecule has 180 valence electrons. The van der Waals surface area contributed by atoms with E-state index in [1.54, 1.807) is 60.7 Å². The molecule has 4 aromatic rings. The molecule has 0 fully saturated rings. The number of hydrogen-bond donors (Lipinski definition) is 2. The van der Waals surface area contributed by atoms with E-state index in [-0.39, 0.29) is 67.9 Å². The molecule has 0 saturated heterocycles. The molecular formula is C30H16N4O4. The summed E-state index contributed by atoms with van der Waals surface area (Å²) in [5.41, 5.74) is 14.6. The standard InChI is InChI=1S/C16H6N2O2.C14H10N2O2/c17-7-9-5-13-14(6-10(9)8-18)16(20)12-4-2-1-3-11(12)15(13)19;15-9-5-6-10(16)12-11(9)13(17)7-3-1-2-4-8(7)14(12)18/h1-6H;1-6H,15-16H2. The Morgan fingerprint density at radius 3 is 1.11 bits per heavy atom. The molecule has 0 unspecified atom stereocenters. The lowest BCUT2D eigenvalue weighted by molar-refractivity contribution is 0.0979. The summed E-state index contributed by atoms with van der Waals surface area (Å²) in [7, 11) is 0. The van der Waals surface area contributed by atoms with Gasteiger partial charge in [-0.3, -0.25) is 19.2 Å². The highest BCUT2D eigenvalue weighted by molar-refractivity contribution is 6.31. The van der Waals surface area contributed by atoms with E-state index in [0.29, 0.717) is 22.3 Å². The minimum absolute atomic E-state index is 0.104. The van der Waals surface area contributed by atoms with Crippen molar-refractivity contribution >= 4 is 34.5 Å². The van der Waals surface area contributed by atoms with Crippen LogP contribution in [-0.2, 0) is 0 Å². The topological polar surface area (TPSA) is 168 Å². The van der Waals surface area contributed by atoms with Crippen molar-refractivity contribution in [3.8, 4) is 12.1 Å². The first-order valence-electron chi connectivity index (χ1n) is 11.3. The lowest BCUT2D eigenvalue weighted by Gasteiger charge is -2.20. The molecule has 0 amide bonds. The van der Waals surface area contributed by atoms with Crippen LogP contribution in [0.3, 0.4) is 0 Å². The minimum atomic E-state index is -0.295. The zero-order valence-electron chi connectivity index (χ0n) is 19.6. The molecule has 0 aliphatic heterocycles. The zero-order valence-corrected chi connectivity index (χ0v) is 19.6. The first kappa shape index (κ1) is 23.9. The highest BCUT2D eigenvalue weighted by Gasteiger charge is 2.33. The van der Waals surface area contributed by atoms with E-state index in [9.17, 15) is 19.2 Å². The van der Waals surface area contributed by atoms with Crippen LogP contribution in [-0.4, -0.2) is 23.1 Å². The van der Waals surface area contributed by atoms with Gasteiger partial charge in [-0.05, 0) is 24.3 Å². The molecule has 0 radical (unpaired) electrons. The summed E-state index contributed by atoms with van der Waals surface area (Å²) in [5, 5.41) is 18.0. The monoisotopic (exact) mass is 496 g/mol. The van der Waals surface area contributed by atoms with Gasteiger partial charge in [0, 0.05) is 44.8 Å². The molecular weight excluding hydrogens is 480 g/mol. The van der Waals surface area contributed by atoms with E-state index in [4.69, 9.17) is 22.0 Å². The fourth-order valence-electron chi connectivity index (χ4n) is 4.60. The van der Waals surface area contributed by atoms with E-state index in [2.05, 4.69) is 0 Å². The van der Waals surface area contributed by atoms with Crippen molar-refractivity contribution in [1.82, 2.24) is 0 Å². The second-order valence-corrected chi connectivity index (χ2v) is 8.57. The summed E-state index contributed by atoms with van der Waals surface area (Å²) >= 11 is 0. The Hall–Kier alpha value is -5.86. The van der Waals surface area contributed by atoms with Crippen LogP contribution < -0.4 is 11.5 Å². The van der Waals surface area contributed by atoms with Crippen molar-refractivity contribution < 1.29 is 19.2 Å². The van der Waals surface area contributed by atoms with Gasteiger partial charge in [-0.25, -0.2) is 0 Å². The van der Waals surface area contributed by atoms with E-state index >= 15 is 0 Å². The molecule has 0 aromatic heterocycles. The first-order chi connectivity index (χ1) is 18.3. The number of fused-ring (bicyclic) bond motifs is 4. The lowest BCUT2D eigenvalue weighted by Crippen LogP contribution is -2.23. The van der Waals surface area contributed by atoms with Crippen LogP contribution >= 0.6 is 0 Å². The van der Waals surface area contributed by atoms with Crippen LogP contribution in [0.2, 0.25) is 0 Å². The van der Waals surface area contributed by atoms with Crippen LogP contribution in [0.15, 0.2) is 72.8 Å². The van der Waals surface area contributed by atoms with E-state index in [0.717, 1.165) is 0 Å². The normalized spacial score (nSPS) is 12.6. The van der Waals surface area contributed by atoms with Crippen LogP contribution in [0.1, 0.15) is 74.8 Å². The molecule has 4 aromatic carbocycles. The van der Waals surface area contributed by atoms with Gasteiger partial charge in [0.05, 0.1) is 22.3 Å². The Morgan fingerprint density at radius 1 is 0.474 bits per heavy atom. The number of nitriles is 2. The molecule has 0 saturated carbocycles. The molecule has 0 heterocycles. The second kappa shape index (κ2) is 8.98. The fraction of sp³-hybridized carbons (Fsp3) is 0. The highest BCUT2D eigenvalue weighted by Crippen LogP contribution is 2.34. The molecule has 0 atom stereocenters. The number of benzene rings is 4. The van der Waals surface area contributed by atoms with Gasteiger partial charge < -0.3 is 11.5 Å². The van der Waals surface area contributed by atoms with E-state index < -0.39 is 0 Å². The van der Waals surface area contributed by atoms with Gasteiger partial charge in [0.15, 0.2) is 23.1 Å². The first-order valence-corrected chi connectivity index (χ1v) is 11.3. The Bertz CT molecular complexity index is 1710. The molecule has 0 spiro atoms. The maximum absolute atomic E-state index is 12.4. The predicted octanol–water partition coefficient (Wildman–Crippen LogP) is 3.83. The Balaban J connectivity index is 0.000000156. The average Bonchev–Trinajstić information content (AvgIpc) is 2.95. The number of carbonyl (C=O) groups excluding carboxylic acids is 4. The maximum Gasteiger partial charge on any atom is 0.196 e. The van der Waals surface area contributed by atoms with Crippen LogP contribution in [0, 0.1) is 22.7 Å². The Labute approximate surface area is 216 Å². The number of carbonyl (C=O) groups is 4. The third-order valence-electron chi connectivity index (χ3n) is 6.44. The van der Waals surface area contributed by atoms with Crippen LogP contribution in [0.25, 0.3) is 0 Å². The van der Waals surface area contributed by atoms with Gasteiger partial charge in [-0.1, -0.05) is 48.5 Å². The van der Waals surface area contributed by atoms with Gasteiger partial charge in [0.25, 0.3) is 0 Å². The van der Waals surface area contributed by atoms with Gasteiger partial charge in [-0.2, -0.15) is 10.5 Å². The largest absolute Gasteiger partial charge is 0.398 e. The molecule has 8 heteroatoms. The predicted molar refractivity (Wildman–Crippen MR) is 138 cm³/mol. The SMILES string of the molecule is N#Cc1cc2c(cc1C#N)C(=O)c1ccccc1C2=O.Nc1ccc(N)c2c1C(=O)c1ccccc1C2=O. The summed E-state index contributed by atoms with van der Waals surface area (Å²) < 4.78 is 0. The maximum atomic E-state index is 12.4. The summed E-state index contributed by atoms with van der Waals surface area (Å²) in [5.74, 6) is -1.08. The molecule has 0 bridgehead atoms. The van der Waals surface area contributed by atoms with Crippen molar-refractivity contribution in [3.63, 3.8) is 0 Å². The van der Waals surface area contributed by atoms with Gasteiger partial charge in [-0.15, -0.1) is 0 Å². The third-order valence-corrected chi connectivity index (χ3v) is 6.44. The second-order valence-electron chi connectivity index (χ2n) is 8.57. The molecule has 38 heavy (non-hydrogen) atoms. The molecule has 8 nitrogen and oxygen atoms in total. The van der Waals surface area contributed by atoms with Gasteiger partial charge >= 0.3 is 0 Å². The van der Waals surface area contributed by atoms with Crippen molar-refractivity contribution in [2.75, 3.05) is 11.5 Å². The van der Waals surface area contributed by atoms with Crippen molar-refractivity contribution in [2.24, 2.45) is 0 Å². The lowest BCUT2D eigenvalue weighted by atomic mass is 9.82. The number of nitrogens with two attached hydrogens (primary N) is 2. The fourth-order valence-corrected chi connectivity index (χ4v) is 4.60. The van der Waals surface area contributed by atoms with Crippen LogP contribution in [0.4, 0.5) is 11.4 Å².